The molecule has 1 aromatic carbocycles. The van der Waals surface area contributed by atoms with Crippen molar-refractivity contribution in [2.75, 3.05) is 31.9 Å². The number of nitrogens with zero attached hydrogens (tertiary/aromatic N) is 2. The lowest BCUT2D eigenvalue weighted by molar-refractivity contribution is 0.182. The van der Waals surface area contributed by atoms with Gasteiger partial charge in [-0.3, -0.25) is 4.90 Å². The topological polar surface area (TPSA) is 40.6 Å². The smallest absolute Gasteiger partial charge is 0.213 e. The summed E-state index contributed by atoms with van der Waals surface area (Å²) in [7, 11) is -3.01. The molecule has 1 heterocycles. The van der Waals surface area contributed by atoms with E-state index in [1.807, 2.05) is 18.2 Å². The van der Waals surface area contributed by atoms with E-state index in [0.717, 1.165) is 19.6 Å². The van der Waals surface area contributed by atoms with Crippen LogP contribution in [-0.4, -0.2) is 49.6 Å². The molecule has 5 heteroatoms. The molecule has 0 aliphatic carbocycles. The van der Waals surface area contributed by atoms with Crippen LogP contribution in [0.4, 0.5) is 0 Å². The summed E-state index contributed by atoms with van der Waals surface area (Å²) in [6.07, 6.45) is 0. The van der Waals surface area contributed by atoms with Crippen LogP contribution in [0.5, 0.6) is 0 Å². The zero-order valence-electron chi connectivity index (χ0n) is 10.7. The Hall–Kier alpha value is -0.910. The molecule has 0 N–H and O–H groups in total. The van der Waals surface area contributed by atoms with Crippen molar-refractivity contribution in [1.29, 1.82) is 0 Å². The first-order valence-corrected chi connectivity index (χ1v) is 7.97. The van der Waals surface area contributed by atoms with Gasteiger partial charge in [0.15, 0.2) is 0 Å². The first-order chi connectivity index (χ1) is 8.62. The first kappa shape index (κ1) is 13.5. The van der Waals surface area contributed by atoms with Crippen LogP contribution in [-0.2, 0) is 16.6 Å². The number of rotatable bonds is 4. The van der Waals surface area contributed by atoms with E-state index >= 15 is 0 Å². The van der Waals surface area contributed by atoms with Crippen LogP contribution >= 0.6 is 0 Å². The van der Waals surface area contributed by atoms with Gasteiger partial charge in [-0.05, 0) is 12.5 Å². The van der Waals surface area contributed by atoms with E-state index in [2.05, 4.69) is 17.0 Å². The number of benzene rings is 1. The summed E-state index contributed by atoms with van der Waals surface area (Å²) in [5, 5.41) is 0. The summed E-state index contributed by atoms with van der Waals surface area (Å²) >= 11 is 0. The average Bonchev–Trinajstić information content (AvgIpc) is 2.40. The Morgan fingerprint density at radius 2 is 1.67 bits per heavy atom. The fourth-order valence-corrected chi connectivity index (χ4v) is 3.27. The lowest BCUT2D eigenvalue weighted by atomic mass is 10.2. The second-order valence-corrected chi connectivity index (χ2v) is 6.82. The molecule has 0 aromatic heterocycles. The summed E-state index contributed by atoms with van der Waals surface area (Å²) in [6, 6.07) is 10.3. The molecule has 0 bridgehead atoms. The highest BCUT2D eigenvalue weighted by Crippen LogP contribution is 2.11. The molecule has 0 spiro atoms. The molecule has 18 heavy (non-hydrogen) atoms. The number of piperazine rings is 1. The zero-order valence-corrected chi connectivity index (χ0v) is 11.6. The molecule has 0 saturated carbocycles. The Bertz CT molecular complexity index is 465. The lowest BCUT2D eigenvalue weighted by Gasteiger charge is -2.33. The SMILES string of the molecule is CCS(=O)(=O)N1CCN(Cc2ccccc2)CC1. The van der Waals surface area contributed by atoms with Gasteiger partial charge >= 0.3 is 0 Å². The van der Waals surface area contributed by atoms with Crippen molar-refractivity contribution >= 4 is 10.0 Å². The van der Waals surface area contributed by atoms with E-state index in [1.165, 1.54) is 5.56 Å². The quantitative estimate of drug-likeness (QED) is 0.822. The van der Waals surface area contributed by atoms with Crippen molar-refractivity contribution in [2.24, 2.45) is 0 Å². The van der Waals surface area contributed by atoms with E-state index in [0.29, 0.717) is 13.1 Å². The molecule has 1 aliphatic rings. The number of hydrogen-bond donors (Lipinski definition) is 0. The second kappa shape index (κ2) is 5.82. The maximum absolute atomic E-state index is 11.7. The van der Waals surface area contributed by atoms with Crippen LogP contribution in [0, 0.1) is 0 Å². The van der Waals surface area contributed by atoms with Gasteiger partial charge < -0.3 is 0 Å². The summed E-state index contributed by atoms with van der Waals surface area (Å²) in [5.41, 5.74) is 1.28. The summed E-state index contributed by atoms with van der Waals surface area (Å²) in [4.78, 5) is 2.30. The Labute approximate surface area is 109 Å². The second-order valence-electron chi connectivity index (χ2n) is 4.56. The van der Waals surface area contributed by atoms with Crippen LogP contribution in [0.15, 0.2) is 30.3 Å². The van der Waals surface area contributed by atoms with Gasteiger partial charge in [-0.1, -0.05) is 30.3 Å². The highest BCUT2D eigenvalue weighted by atomic mass is 32.2. The maximum atomic E-state index is 11.7. The van der Waals surface area contributed by atoms with Crippen molar-refractivity contribution < 1.29 is 8.42 Å². The fourth-order valence-electron chi connectivity index (χ4n) is 2.19. The molecule has 4 nitrogen and oxygen atoms in total. The number of hydrogen-bond acceptors (Lipinski definition) is 3. The lowest BCUT2D eigenvalue weighted by Crippen LogP contribution is -2.48. The molecule has 100 valence electrons. The minimum Gasteiger partial charge on any atom is -0.296 e. The third kappa shape index (κ3) is 3.31. The van der Waals surface area contributed by atoms with Crippen molar-refractivity contribution in [3.63, 3.8) is 0 Å². The van der Waals surface area contributed by atoms with Crippen molar-refractivity contribution in [3.05, 3.63) is 35.9 Å². The van der Waals surface area contributed by atoms with Crippen molar-refractivity contribution in [2.45, 2.75) is 13.5 Å². The highest BCUT2D eigenvalue weighted by Gasteiger charge is 2.25. The first-order valence-electron chi connectivity index (χ1n) is 6.36. The molecule has 1 aromatic rings. The standard InChI is InChI=1S/C13H20N2O2S/c1-2-18(16,17)15-10-8-14(9-11-15)12-13-6-4-3-5-7-13/h3-7H,2,8-12H2,1H3. The Kier molecular flexibility index (Phi) is 4.37. The van der Waals surface area contributed by atoms with E-state index in [-0.39, 0.29) is 5.75 Å². The molecule has 0 atom stereocenters. The molecule has 2 rings (SSSR count). The van der Waals surface area contributed by atoms with Crippen LogP contribution in [0.1, 0.15) is 12.5 Å². The van der Waals surface area contributed by atoms with Gasteiger partial charge in [-0.15, -0.1) is 0 Å². The van der Waals surface area contributed by atoms with E-state index in [1.54, 1.807) is 11.2 Å². The summed E-state index contributed by atoms with van der Waals surface area (Å²) in [5.74, 6) is 0.200. The normalized spacial score (nSPS) is 18.9. The van der Waals surface area contributed by atoms with Crippen molar-refractivity contribution in [3.8, 4) is 0 Å². The Morgan fingerprint density at radius 3 is 2.22 bits per heavy atom. The fraction of sp³-hybridized carbons (Fsp3) is 0.538. The maximum Gasteiger partial charge on any atom is 0.213 e. The van der Waals surface area contributed by atoms with Gasteiger partial charge in [-0.25, -0.2) is 8.42 Å². The molecule has 0 amide bonds. The van der Waals surface area contributed by atoms with Gasteiger partial charge in [-0.2, -0.15) is 4.31 Å². The van der Waals surface area contributed by atoms with Gasteiger partial charge in [0.05, 0.1) is 5.75 Å². The Morgan fingerprint density at radius 1 is 1.06 bits per heavy atom. The molecule has 1 fully saturated rings. The molecule has 1 saturated heterocycles. The monoisotopic (exact) mass is 268 g/mol. The predicted molar refractivity (Wildman–Crippen MR) is 72.8 cm³/mol. The molecule has 1 aliphatic heterocycles. The predicted octanol–water partition coefficient (Wildman–Crippen LogP) is 1.15. The van der Waals surface area contributed by atoms with E-state index in [9.17, 15) is 8.42 Å². The van der Waals surface area contributed by atoms with E-state index in [4.69, 9.17) is 0 Å². The molecular formula is C13H20N2O2S. The minimum absolute atomic E-state index is 0.200. The average molecular weight is 268 g/mol. The highest BCUT2D eigenvalue weighted by molar-refractivity contribution is 7.89. The van der Waals surface area contributed by atoms with Crippen LogP contribution in [0.3, 0.4) is 0 Å². The van der Waals surface area contributed by atoms with Crippen LogP contribution < -0.4 is 0 Å². The van der Waals surface area contributed by atoms with Gasteiger partial charge in [0.2, 0.25) is 10.0 Å². The Balaban J connectivity index is 1.88. The third-order valence-electron chi connectivity index (χ3n) is 3.34. The third-order valence-corrected chi connectivity index (χ3v) is 5.22. The largest absolute Gasteiger partial charge is 0.296 e. The summed E-state index contributed by atoms with van der Waals surface area (Å²) in [6.45, 7) is 5.46. The molecular weight excluding hydrogens is 248 g/mol. The number of sulfonamides is 1. The van der Waals surface area contributed by atoms with Crippen LogP contribution in [0.2, 0.25) is 0 Å². The molecule has 0 radical (unpaired) electrons. The van der Waals surface area contributed by atoms with Gasteiger partial charge in [0.1, 0.15) is 0 Å². The van der Waals surface area contributed by atoms with Gasteiger partial charge in [0, 0.05) is 32.7 Å². The zero-order chi connectivity index (χ0) is 13.0. The molecule has 0 unspecified atom stereocenters. The van der Waals surface area contributed by atoms with E-state index < -0.39 is 10.0 Å². The summed E-state index contributed by atoms with van der Waals surface area (Å²) < 4.78 is 25.1. The minimum atomic E-state index is -3.01. The van der Waals surface area contributed by atoms with Crippen LogP contribution in [0.25, 0.3) is 0 Å². The van der Waals surface area contributed by atoms with Crippen molar-refractivity contribution in [1.82, 2.24) is 9.21 Å². The van der Waals surface area contributed by atoms with Gasteiger partial charge in [0.25, 0.3) is 0 Å².